The lowest BCUT2D eigenvalue weighted by molar-refractivity contribution is -0.133. The maximum atomic E-state index is 12.9. The first-order valence-corrected chi connectivity index (χ1v) is 15.4. The van der Waals surface area contributed by atoms with Crippen molar-refractivity contribution in [3.8, 4) is 0 Å². The maximum Gasteiger partial charge on any atom is 0.289 e. The summed E-state index contributed by atoms with van der Waals surface area (Å²) in [5.41, 5.74) is 5.14. The molecule has 0 spiro atoms. The zero-order valence-corrected chi connectivity index (χ0v) is 24.7. The van der Waals surface area contributed by atoms with Crippen LogP contribution < -0.4 is 0 Å². The van der Waals surface area contributed by atoms with Gasteiger partial charge in [0.05, 0.1) is 11.8 Å². The van der Waals surface area contributed by atoms with E-state index in [9.17, 15) is 9.59 Å². The predicted molar refractivity (Wildman–Crippen MR) is 163 cm³/mol. The Kier molecular flexibility index (Phi) is 8.23. The van der Waals surface area contributed by atoms with Crippen LogP contribution in [0.3, 0.4) is 0 Å². The number of nitrogens with zero attached hydrogens (tertiary/aromatic N) is 6. The fourth-order valence-electron chi connectivity index (χ4n) is 5.57. The van der Waals surface area contributed by atoms with Gasteiger partial charge >= 0.3 is 0 Å². The molecule has 1 atom stereocenters. The molecule has 9 nitrogen and oxygen atoms in total. The number of unbranched alkanes of at least 4 members (excludes halogenated alkanes) is 1. The molecule has 216 valence electrons. The van der Waals surface area contributed by atoms with Gasteiger partial charge in [0.2, 0.25) is 11.1 Å². The Balaban J connectivity index is 1.04. The van der Waals surface area contributed by atoms with Gasteiger partial charge < -0.3 is 18.8 Å². The summed E-state index contributed by atoms with van der Waals surface area (Å²) in [7, 11) is 0. The van der Waals surface area contributed by atoms with Crippen molar-refractivity contribution in [3.63, 3.8) is 0 Å². The molecule has 2 aromatic carbocycles. The fraction of sp³-hybridized carbons (Fsp3) is 0.344. The number of thioether (sulfide) groups is 1. The molecule has 0 bridgehead atoms. The minimum absolute atomic E-state index is 0.0585. The molecule has 42 heavy (non-hydrogen) atoms. The summed E-state index contributed by atoms with van der Waals surface area (Å²) in [5, 5.41) is 10.7. The topological polar surface area (TPSA) is 97.4 Å². The second-order valence-electron chi connectivity index (χ2n) is 10.8. The van der Waals surface area contributed by atoms with E-state index in [-0.39, 0.29) is 17.9 Å². The van der Waals surface area contributed by atoms with Crippen molar-refractivity contribution in [1.29, 1.82) is 0 Å². The van der Waals surface area contributed by atoms with Crippen LogP contribution in [0.25, 0.3) is 22.1 Å². The van der Waals surface area contributed by atoms with E-state index in [1.165, 1.54) is 17.4 Å². The number of fused-ring (bicyclic) bond motifs is 3. The highest BCUT2D eigenvalue weighted by molar-refractivity contribution is 7.99. The van der Waals surface area contributed by atoms with E-state index in [4.69, 9.17) is 9.40 Å². The largest absolute Gasteiger partial charge is 0.459 e. The monoisotopic (exact) mass is 582 g/mol. The Labute approximate surface area is 248 Å². The molecule has 1 aliphatic heterocycles. The van der Waals surface area contributed by atoms with Crippen molar-refractivity contribution in [1.82, 2.24) is 29.5 Å². The standard InChI is InChI=1S/C32H34N6O3S/c1-22-13-14-26-25(19-22)29-30(38(26)21-24-9-4-3-5-10-24)33-32(35-34-29)42-18-7-6-12-28(39)36-15-16-37(23(2)20-36)31(40)27-11-8-17-41-27/h3-5,8-11,13-14,17,19,23H,6-7,12,15-16,18,20-21H2,1-2H3. The lowest BCUT2D eigenvalue weighted by atomic mass is 10.1. The quantitative estimate of drug-likeness (QED) is 0.166. The minimum Gasteiger partial charge on any atom is -0.459 e. The van der Waals surface area contributed by atoms with E-state index in [0.717, 1.165) is 40.7 Å². The van der Waals surface area contributed by atoms with E-state index in [1.54, 1.807) is 28.8 Å². The van der Waals surface area contributed by atoms with Gasteiger partial charge in [-0.2, -0.15) is 0 Å². The number of piperazine rings is 1. The molecule has 4 heterocycles. The Morgan fingerprint density at radius 2 is 1.88 bits per heavy atom. The lowest BCUT2D eigenvalue weighted by Crippen LogP contribution is -2.55. The van der Waals surface area contributed by atoms with Crippen molar-refractivity contribution in [3.05, 3.63) is 83.8 Å². The third kappa shape index (κ3) is 5.90. The van der Waals surface area contributed by atoms with Crippen LogP contribution in [0.15, 0.2) is 76.5 Å². The molecule has 2 amide bonds. The molecule has 1 fully saturated rings. The predicted octanol–water partition coefficient (Wildman–Crippen LogP) is 5.56. The molecule has 6 rings (SSSR count). The SMILES string of the molecule is Cc1ccc2c(c1)c1nnc(SCCCCC(=O)N3CCN(C(=O)c4ccco4)C(C)C3)nc1n2Cc1ccccc1. The highest BCUT2D eigenvalue weighted by Gasteiger charge is 2.31. The molecule has 1 saturated heterocycles. The molecule has 0 N–H and O–H groups in total. The van der Waals surface area contributed by atoms with Crippen molar-refractivity contribution in [2.75, 3.05) is 25.4 Å². The number of carbonyl (C=O) groups is 2. The van der Waals surface area contributed by atoms with Gasteiger partial charge in [-0.05, 0) is 56.5 Å². The van der Waals surface area contributed by atoms with Gasteiger partial charge in [-0.3, -0.25) is 9.59 Å². The van der Waals surface area contributed by atoms with Crippen LogP contribution in [0.4, 0.5) is 0 Å². The summed E-state index contributed by atoms with van der Waals surface area (Å²) in [5.74, 6) is 1.16. The van der Waals surface area contributed by atoms with Crippen molar-refractivity contribution < 1.29 is 14.0 Å². The average molecular weight is 583 g/mol. The summed E-state index contributed by atoms with van der Waals surface area (Å²) in [6, 6.07) is 20.1. The normalized spacial score (nSPS) is 15.5. The molecule has 5 aromatic rings. The third-order valence-electron chi connectivity index (χ3n) is 7.78. The first-order valence-electron chi connectivity index (χ1n) is 14.4. The molecule has 0 aliphatic carbocycles. The minimum atomic E-state index is -0.123. The number of carbonyl (C=O) groups excluding carboxylic acids is 2. The molecule has 3 aromatic heterocycles. The van der Waals surface area contributed by atoms with Gasteiger partial charge in [0.1, 0.15) is 5.52 Å². The first kappa shape index (κ1) is 28.0. The summed E-state index contributed by atoms with van der Waals surface area (Å²) in [6.07, 6.45) is 3.65. The highest BCUT2D eigenvalue weighted by Crippen LogP contribution is 2.29. The Hall–Kier alpha value is -4.18. The number of rotatable bonds is 9. The summed E-state index contributed by atoms with van der Waals surface area (Å²) in [4.78, 5) is 34.1. The number of furan rings is 1. The molecule has 0 radical (unpaired) electrons. The van der Waals surface area contributed by atoms with Crippen molar-refractivity contribution >= 4 is 45.6 Å². The Morgan fingerprint density at radius 3 is 2.67 bits per heavy atom. The van der Waals surface area contributed by atoms with Gasteiger partial charge in [-0.15, -0.1) is 10.2 Å². The number of aryl methyl sites for hydroxylation is 1. The van der Waals surface area contributed by atoms with Crippen LogP contribution in [0.5, 0.6) is 0 Å². The van der Waals surface area contributed by atoms with Crippen LogP contribution in [-0.4, -0.2) is 72.8 Å². The highest BCUT2D eigenvalue weighted by atomic mass is 32.2. The maximum absolute atomic E-state index is 12.9. The molecule has 10 heteroatoms. The molecular weight excluding hydrogens is 548 g/mol. The lowest BCUT2D eigenvalue weighted by Gasteiger charge is -2.39. The Bertz CT molecular complexity index is 1700. The summed E-state index contributed by atoms with van der Waals surface area (Å²) >= 11 is 1.58. The number of hydrogen-bond donors (Lipinski definition) is 0. The van der Waals surface area contributed by atoms with E-state index < -0.39 is 0 Å². The second-order valence-corrected chi connectivity index (χ2v) is 11.9. The zero-order chi connectivity index (χ0) is 29.1. The van der Waals surface area contributed by atoms with Crippen LogP contribution in [0.2, 0.25) is 0 Å². The fourth-order valence-corrected chi connectivity index (χ4v) is 6.35. The second kappa shape index (κ2) is 12.4. The van der Waals surface area contributed by atoms with Crippen LogP contribution >= 0.6 is 11.8 Å². The van der Waals surface area contributed by atoms with Crippen molar-refractivity contribution in [2.24, 2.45) is 0 Å². The van der Waals surface area contributed by atoms with Gasteiger partial charge in [0, 0.05) is 49.8 Å². The van der Waals surface area contributed by atoms with Gasteiger partial charge in [-0.25, -0.2) is 4.98 Å². The molecular formula is C32H34N6O3S. The third-order valence-corrected chi connectivity index (χ3v) is 8.70. The van der Waals surface area contributed by atoms with E-state index in [1.807, 2.05) is 17.9 Å². The molecule has 1 unspecified atom stereocenters. The van der Waals surface area contributed by atoms with Crippen LogP contribution in [0, 0.1) is 6.92 Å². The van der Waals surface area contributed by atoms with Gasteiger partial charge in [0.25, 0.3) is 5.91 Å². The smallest absolute Gasteiger partial charge is 0.289 e. The van der Waals surface area contributed by atoms with Gasteiger partial charge in [0.15, 0.2) is 11.4 Å². The van der Waals surface area contributed by atoms with E-state index in [0.29, 0.717) is 43.5 Å². The summed E-state index contributed by atoms with van der Waals surface area (Å²) < 4.78 is 7.48. The van der Waals surface area contributed by atoms with E-state index >= 15 is 0 Å². The van der Waals surface area contributed by atoms with E-state index in [2.05, 4.69) is 64.2 Å². The number of aromatic nitrogens is 4. The number of amides is 2. The molecule has 0 saturated carbocycles. The first-order chi connectivity index (χ1) is 20.5. The average Bonchev–Trinajstić information content (AvgIpc) is 3.64. The van der Waals surface area contributed by atoms with Crippen LogP contribution in [0.1, 0.15) is 47.9 Å². The zero-order valence-electron chi connectivity index (χ0n) is 23.9. The van der Waals surface area contributed by atoms with Crippen LogP contribution in [-0.2, 0) is 11.3 Å². The Morgan fingerprint density at radius 1 is 1.02 bits per heavy atom. The van der Waals surface area contributed by atoms with Crippen molar-refractivity contribution in [2.45, 2.75) is 50.9 Å². The number of hydrogen-bond acceptors (Lipinski definition) is 7. The summed E-state index contributed by atoms with van der Waals surface area (Å²) in [6.45, 7) is 6.35. The van der Waals surface area contributed by atoms with Gasteiger partial charge in [-0.1, -0.05) is 53.7 Å². The number of benzene rings is 2. The molecule has 1 aliphatic rings.